The molecule has 3 aliphatic rings. The zero-order chi connectivity index (χ0) is 21.0. The fraction of sp³-hybridized carbons (Fsp3) is 0.208. The first kappa shape index (κ1) is 18.2. The number of benzene rings is 2. The Labute approximate surface area is 174 Å². The third-order valence-corrected chi connectivity index (χ3v) is 6.21. The van der Waals surface area contributed by atoms with Crippen molar-refractivity contribution in [2.75, 3.05) is 10.2 Å². The van der Waals surface area contributed by atoms with Crippen LogP contribution < -0.4 is 16.0 Å². The second-order valence-electron chi connectivity index (χ2n) is 8.05. The Morgan fingerprint density at radius 1 is 1.10 bits per heavy atom. The van der Waals surface area contributed by atoms with Gasteiger partial charge < -0.3 is 11.1 Å². The van der Waals surface area contributed by atoms with Crippen molar-refractivity contribution in [2.24, 2.45) is 11.7 Å². The number of anilines is 2. The van der Waals surface area contributed by atoms with Gasteiger partial charge in [0.25, 0.3) is 0 Å². The molecule has 0 unspecified atom stereocenters. The molecular weight excluding hydrogens is 376 g/mol. The molecule has 3 N–H and O–H groups in total. The molecule has 1 amide bonds. The number of ketones is 1. The van der Waals surface area contributed by atoms with Gasteiger partial charge in [0.05, 0.1) is 5.57 Å². The van der Waals surface area contributed by atoms with E-state index in [1.54, 1.807) is 17.0 Å². The Bertz CT molecular complexity index is 1210. The van der Waals surface area contributed by atoms with Crippen LogP contribution in [0.3, 0.4) is 0 Å². The Kier molecular flexibility index (Phi) is 3.84. The summed E-state index contributed by atoms with van der Waals surface area (Å²) in [5.74, 6) is -0.213. The summed E-state index contributed by atoms with van der Waals surface area (Å²) in [7, 11) is 0. The molecule has 2 aromatic carbocycles. The Balaban J connectivity index is 1.90. The van der Waals surface area contributed by atoms with Crippen molar-refractivity contribution >= 4 is 23.1 Å². The molecule has 148 valence electrons. The summed E-state index contributed by atoms with van der Waals surface area (Å²) in [5.41, 5.74) is 8.23. The first-order valence-corrected chi connectivity index (χ1v) is 9.93. The molecule has 2 heterocycles. The van der Waals surface area contributed by atoms with Crippen LogP contribution in [0.2, 0.25) is 0 Å². The first-order chi connectivity index (χ1) is 14.5. The number of Topliss-reactive ketones (excluding diaryl/α,β-unsaturated/α-hetero) is 1. The van der Waals surface area contributed by atoms with Crippen LogP contribution in [0.5, 0.6) is 0 Å². The highest BCUT2D eigenvalue weighted by atomic mass is 16.2. The molecule has 1 aliphatic carbocycles. The maximum Gasteiger partial charge on any atom is 0.245 e. The van der Waals surface area contributed by atoms with Gasteiger partial charge in [-0.2, -0.15) is 5.26 Å². The molecule has 0 aromatic heterocycles. The molecule has 6 nitrogen and oxygen atoms in total. The minimum absolute atomic E-state index is 0.0930. The quantitative estimate of drug-likeness (QED) is 0.770. The summed E-state index contributed by atoms with van der Waals surface area (Å²) in [6.07, 6.45) is 0.920. The standard InChI is InChI=1S/C24H20N4O2/c1-14-11-19-21(20(29)12-14)24(16-9-5-6-10-18(16)27-23(24)30)17(13-25)22(26)28(19)15-7-3-2-4-8-15/h2-10,14H,11-12,26H2,1H3,(H,27,30)/t14-,24+/m1/s1. The van der Waals surface area contributed by atoms with Crippen LogP contribution in [-0.4, -0.2) is 11.7 Å². The van der Waals surface area contributed by atoms with Crippen LogP contribution in [0.4, 0.5) is 11.4 Å². The number of rotatable bonds is 1. The van der Waals surface area contributed by atoms with Crippen LogP contribution in [0, 0.1) is 17.2 Å². The largest absolute Gasteiger partial charge is 0.384 e. The van der Waals surface area contributed by atoms with Crippen molar-refractivity contribution in [1.82, 2.24) is 0 Å². The van der Waals surface area contributed by atoms with Crippen molar-refractivity contribution in [1.29, 1.82) is 5.26 Å². The number of hydrogen-bond acceptors (Lipinski definition) is 5. The maximum absolute atomic E-state index is 13.5. The van der Waals surface area contributed by atoms with Crippen molar-refractivity contribution in [3.8, 4) is 6.07 Å². The highest BCUT2D eigenvalue weighted by molar-refractivity contribution is 6.19. The number of para-hydroxylation sites is 2. The smallest absolute Gasteiger partial charge is 0.245 e. The SMILES string of the molecule is C[C@H]1CC(=O)C2=C(C1)N(c1ccccc1)C(N)=C(C#N)[C@]21C(=O)Nc2ccccc21. The van der Waals surface area contributed by atoms with Crippen LogP contribution in [0.1, 0.15) is 25.3 Å². The number of nitrogens with one attached hydrogen (secondary N) is 1. The molecular formula is C24H20N4O2. The highest BCUT2D eigenvalue weighted by Crippen LogP contribution is 2.55. The second-order valence-corrected chi connectivity index (χ2v) is 8.05. The number of fused-ring (bicyclic) bond motifs is 3. The molecule has 2 atom stereocenters. The molecule has 0 saturated carbocycles. The van der Waals surface area contributed by atoms with Crippen LogP contribution in [0.15, 0.2) is 77.3 Å². The van der Waals surface area contributed by atoms with E-state index in [0.29, 0.717) is 35.4 Å². The summed E-state index contributed by atoms with van der Waals surface area (Å²) in [4.78, 5) is 28.7. The third kappa shape index (κ3) is 2.17. The molecule has 0 saturated heterocycles. The lowest BCUT2D eigenvalue weighted by Gasteiger charge is -2.44. The molecule has 30 heavy (non-hydrogen) atoms. The molecule has 0 radical (unpaired) electrons. The van der Waals surface area contributed by atoms with E-state index >= 15 is 0 Å². The van der Waals surface area contributed by atoms with Gasteiger partial charge in [0.2, 0.25) is 5.91 Å². The van der Waals surface area contributed by atoms with Gasteiger partial charge >= 0.3 is 0 Å². The van der Waals surface area contributed by atoms with Gasteiger partial charge in [-0.25, -0.2) is 0 Å². The monoisotopic (exact) mass is 396 g/mol. The highest BCUT2D eigenvalue weighted by Gasteiger charge is 2.60. The second kappa shape index (κ2) is 6.33. The van der Waals surface area contributed by atoms with Gasteiger partial charge in [0.15, 0.2) is 5.78 Å². The van der Waals surface area contributed by atoms with E-state index in [4.69, 9.17) is 5.73 Å². The number of nitrogens with two attached hydrogens (primary N) is 1. The summed E-state index contributed by atoms with van der Waals surface area (Å²) in [6.45, 7) is 2.01. The van der Waals surface area contributed by atoms with Gasteiger partial charge in [-0.3, -0.25) is 14.5 Å². The summed E-state index contributed by atoms with van der Waals surface area (Å²) in [5, 5.41) is 13.1. The minimum Gasteiger partial charge on any atom is -0.384 e. The van der Waals surface area contributed by atoms with E-state index in [-0.39, 0.29) is 23.1 Å². The van der Waals surface area contributed by atoms with Gasteiger partial charge in [0.1, 0.15) is 17.3 Å². The van der Waals surface area contributed by atoms with E-state index in [1.807, 2.05) is 49.4 Å². The number of carbonyl (C=O) groups excluding carboxylic acids is 2. The average Bonchev–Trinajstić information content (AvgIpc) is 3.01. The number of allylic oxidation sites excluding steroid dienone is 1. The van der Waals surface area contributed by atoms with Crippen molar-refractivity contribution in [3.63, 3.8) is 0 Å². The fourth-order valence-corrected chi connectivity index (χ4v) is 5.05. The lowest BCUT2D eigenvalue weighted by atomic mass is 9.63. The molecule has 0 bridgehead atoms. The van der Waals surface area contributed by atoms with E-state index in [1.165, 1.54) is 0 Å². The van der Waals surface area contributed by atoms with Crippen molar-refractivity contribution in [3.05, 3.63) is 82.8 Å². The van der Waals surface area contributed by atoms with E-state index in [2.05, 4.69) is 11.4 Å². The summed E-state index contributed by atoms with van der Waals surface area (Å²) < 4.78 is 0. The molecule has 6 heteroatoms. The predicted molar refractivity (Wildman–Crippen MR) is 113 cm³/mol. The third-order valence-electron chi connectivity index (χ3n) is 6.21. The summed E-state index contributed by atoms with van der Waals surface area (Å²) >= 11 is 0. The topological polar surface area (TPSA) is 99.2 Å². The molecule has 1 spiro atoms. The molecule has 2 aliphatic heterocycles. The first-order valence-electron chi connectivity index (χ1n) is 9.93. The molecule has 0 fully saturated rings. The number of hydrogen-bond donors (Lipinski definition) is 2. The normalized spacial score (nSPS) is 25.2. The lowest BCUT2D eigenvalue weighted by molar-refractivity contribution is -0.123. The van der Waals surface area contributed by atoms with Crippen molar-refractivity contribution < 1.29 is 9.59 Å². The number of nitrogens with zero attached hydrogens (tertiary/aromatic N) is 2. The van der Waals surface area contributed by atoms with E-state index in [9.17, 15) is 14.9 Å². The molecule has 2 aromatic rings. The van der Waals surface area contributed by atoms with Crippen LogP contribution >= 0.6 is 0 Å². The Morgan fingerprint density at radius 2 is 1.80 bits per heavy atom. The van der Waals surface area contributed by atoms with Gasteiger partial charge in [-0.05, 0) is 30.5 Å². The Morgan fingerprint density at radius 3 is 2.53 bits per heavy atom. The van der Waals surface area contributed by atoms with Gasteiger partial charge in [-0.15, -0.1) is 0 Å². The van der Waals surface area contributed by atoms with E-state index < -0.39 is 11.3 Å². The van der Waals surface area contributed by atoms with Crippen LogP contribution in [-0.2, 0) is 15.0 Å². The minimum atomic E-state index is -1.51. The fourth-order valence-electron chi connectivity index (χ4n) is 5.05. The Hall–Kier alpha value is -3.85. The summed E-state index contributed by atoms with van der Waals surface area (Å²) in [6, 6.07) is 18.8. The van der Waals surface area contributed by atoms with Gasteiger partial charge in [0, 0.05) is 34.6 Å². The average molecular weight is 396 g/mol. The van der Waals surface area contributed by atoms with Crippen molar-refractivity contribution in [2.45, 2.75) is 25.2 Å². The molecule has 5 rings (SSSR count). The predicted octanol–water partition coefficient (Wildman–Crippen LogP) is 3.34. The van der Waals surface area contributed by atoms with E-state index in [0.717, 1.165) is 5.69 Å². The number of nitriles is 1. The lowest BCUT2D eigenvalue weighted by Crippen LogP contribution is -2.51. The zero-order valence-electron chi connectivity index (χ0n) is 16.5. The van der Waals surface area contributed by atoms with Gasteiger partial charge in [-0.1, -0.05) is 43.3 Å². The van der Waals surface area contributed by atoms with Crippen LogP contribution in [0.25, 0.3) is 0 Å². The maximum atomic E-state index is 13.5. The zero-order valence-corrected chi connectivity index (χ0v) is 16.5. The number of amides is 1. The number of carbonyl (C=O) groups is 2.